The van der Waals surface area contributed by atoms with Crippen molar-refractivity contribution in [2.24, 2.45) is 5.41 Å². The minimum atomic E-state index is 0.366. The molecule has 0 bridgehead atoms. The molecule has 3 rings (SSSR count). The second-order valence-corrected chi connectivity index (χ2v) is 6.36. The van der Waals surface area contributed by atoms with Gasteiger partial charge >= 0.3 is 0 Å². The number of likely N-dealkylation sites (N-methyl/N-ethyl adjacent to an activating group) is 1. The smallest absolute Gasteiger partial charge is 0.0465 e. The molecule has 1 aliphatic rings. The highest BCUT2D eigenvalue weighted by molar-refractivity contribution is 9.10. The summed E-state index contributed by atoms with van der Waals surface area (Å²) in [5.74, 6) is 0.624. The first-order chi connectivity index (χ1) is 8.05. The minimum absolute atomic E-state index is 0.366. The van der Waals surface area contributed by atoms with Crippen molar-refractivity contribution in [1.29, 1.82) is 0 Å². The van der Waals surface area contributed by atoms with Gasteiger partial charge in [0.1, 0.15) is 0 Å². The average molecular weight is 293 g/mol. The van der Waals surface area contributed by atoms with Gasteiger partial charge in [-0.2, -0.15) is 0 Å². The van der Waals surface area contributed by atoms with E-state index in [0.29, 0.717) is 17.4 Å². The number of hydrogen-bond donors (Lipinski definition) is 2. The second-order valence-electron chi connectivity index (χ2n) is 5.51. The fourth-order valence-electron chi connectivity index (χ4n) is 3.10. The van der Waals surface area contributed by atoms with E-state index < -0.39 is 0 Å². The van der Waals surface area contributed by atoms with Crippen LogP contribution in [0, 0.1) is 5.41 Å². The van der Waals surface area contributed by atoms with Crippen LogP contribution in [0.3, 0.4) is 0 Å². The molecular weight excluding hydrogens is 276 g/mol. The van der Waals surface area contributed by atoms with Crippen LogP contribution in [-0.4, -0.2) is 18.1 Å². The molecule has 1 aromatic heterocycles. The molecule has 1 fully saturated rings. The Balaban J connectivity index is 2.05. The zero-order valence-corrected chi connectivity index (χ0v) is 11.9. The zero-order valence-electron chi connectivity index (χ0n) is 10.3. The summed E-state index contributed by atoms with van der Waals surface area (Å²) < 4.78 is 1.15. The highest BCUT2D eigenvalue weighted by Crippen LogP contribution is 2.58. The zero-order chi connectivity index (χ0) is 12.2. The molecule has 2 atom stereocenters. The van der Waals surface area contributed by atoms with Crippen molar-refractivity contribution in [2.45, 2.75) is 25.8 Å². The Hall–Kier alpha value is -0.800. The molecule has 2 unspecified atom stereocenters. The van der Waals surface area contributed by atoms with Crippen LogP contribution in [0.4, 0.5) is 0 Å². The number of halogens is 1. The van der Waals surface area contributed by atoms with Crippen LogP contribution in [-0.2, 0) is 0 Å². The average Bonchev–Trinajstić information content (AvgIpc) is 2.66. The van der Waals surface area contributed by atoms with Gasteiger partial charge in [0.05, 0.1) is 0 Å². The maximum absolute atomic E-state index is 3.58. The molecule has 2 nitrogen and oxygen atoms in total. The number of aromatic amines is 1. The second kappa shape index (κ2) is 3.59. The molecule has 0 radical (unpaired) electrons. The topological polar surface area (TPSA) is 27.8 Å². The molecule has 1 aliphatic carbocycles. The van der Waals surface area contributed by atoms with Crippen molar-refractivity contribution >= 4 is 26.8 Å². The summed E-state index contributed by atoms with van der Waals surface area (Å²) in [5, 5.41) is 4.69. The highest BCUT2D eigenvalue weighted by Gasteiger charge is 2.57. The predicted molar refractivity (Wildman–Crippen MR) is 75.4 cm³/mol. The lowest BCUT2D eigenvalue weighted by Gasteiger charge is -2.03. The molecule has 0 saturated heterocycles. The molecular formula is C14H17BrN2. The molecule has 3 heteroatoms. The van der Waals surface area contributed by atoms with E-state index in [1.165, 1.54) is 16.5 Å². The number of aromatic nitrogens is 1. The number of benzene rings is 1. The van der Waals surface area contributed by atoms with Gasteiger partial charge in [-0.15, -0.1) is 0 Å². The van der Waals surface area contributed by atoms with Gasteiger partial charge in [-0.3, -0.25) is 0 Å². The lowest BCUT2D eigenvalue weighted by atomic mass is 10.0. The summed E-state index contributed by atoms with van der Waals surface area (Å²) in [6, 6.07) is 7.32. The van der Waals surface area contributed by atoms with Crippen molar-refractivity contribution in [1.82, 2.24) is 10.3 Å². The molecule has 1 heterocycles. The van der Waals surface area contributed by atoms with Crippen LogP contribution >= 0.6 is 15.9 Å². The first kappa shape index (κ1) is 11.3. The Labute approximate surface area is 110 Å². The Morgan fingerprint density at radius 3 is 2.76 bits per heavy atom. The highest BCUT2D eigenvalue weighted by atomic mass is 79.9. The van der Waals surface area contributed by atoms with Crippen LogP contribution in [0.5, 0.6) is 0 Å². The van der Waals surface area contributed by atoms with E-state index in [1.54, 1.807) is 0 Å². The molecule has 2 aromatic rings. The van der Waals surface area contributed by atoms with Gasteiger partial charge in [0.2, 0.25) is 0 Å². The van der Waals surface area contributed by atoms with Gasteiger partial charge in [0.25, 0.3) is 0 Å². The van der Waals surface area contributed by atoms with Crippen molar-refractivity contribution in [3.05, 3.63) is 34.4 Å². The number of rotatable bonds is 2. The lowest BCUT2D eigenvalue weighted by molar-refractivity contribution is 0.567. The summed E-state index contributed by atoms with van der Waals surface area (Å²) in [4.78, 5) is 3.26. The number of fused-ring (bicyclic) bond motifs is 1. The molecule has 0 amide bonds. The van der Waals surface area contributed by atoms with Crippen LogP contribution in [0.2, 0.25) is 0 Å². The van der Waals surface area contributed by atoms with Gasteiger partial charge in [-0.05, 0) is 46.1 Å². The SMILES string of the molecule is CNC1C(c2ccc3[nH]cc(Br)c3c2)C1(C)C. The monoisotopic (exact) mass is 292 g/mol. The molecule has 1 aromatic carbocycles. The summed E-state index contributed by atoms with van der Waals surface area (Å²) in [6.07, 6.45) is 2.00. The maximum Gasteiger partial charge on any atom is 0.0465 e. The Morgan fingerprint density at radius 2 is 2.12 bits per heavy atom. The van der Waals surface area contributed by atoms with Crippen molar-refractivity contribution in [3.8, 4) is 0 Å². The third-order valence-corrected chi connectivity index (χ3v) is 4.81. The quantitative estimate of drug-likeness (QED) is 0.869. The first-order valence-corrected chi connectivity index (χ1v) is 6.79. The van der Waals surface area contributed by atoms with Gasteiger partial charge in [-0.1, -0.05) is 19.9 Å². The van der Waals surface area contributed by atoms with E-state index in [4.69, 9.17) is 0 Å². The maximum atomic E-state index is 3.58. The van der Waals surface area contributed by atoms with E-state index in [-0.39, 0.29) is 0 Å². The lowest BCUT2D eigenvalue weighted by Crippen LogP contribution is -2.14. The van der Waals surface area contributed by atoms with Crippen molar-refractivity contribution in [2.75, 3.05) is 7.05 Å². The third kappa shape index (κ3) is 1.56. The Kier molecular flexibility index (Phi) is 2.39. The first-order valence-electron chi connectivity index (χ1n) is 5.99. The summed E-state index contributed by atoms with van der Waals surface area (Å²) >= 11 is 3.58. The van der Waals surface area contributed by atoms with Gasteiger partial charge in [0, 0.05) is 33.5 Å². The standard InChI is InChI=1S/C14H17BrN2/c1-14(2)12(13(14)16-3)8-4-5-11-9(6-8)10(15)7-17-11/h4-7,12-13,16-17H,1-3H3. The molecule has 1 saturated carbocycles. The van der Waals surface area contributed by atoms with Gasteiger partial charge in [0.15, 0.2) is 0 Å². The van der Waals surface area contributed by atoms with E-state index in [2.05, 4.69) is 65.3 Å². The van der Waals surface area contributed by atoms with Crippen molar-refractivity contribution < 1.29 is 0 Å². The summed E-state index contributed by atoms with van der Waals surface area (Å²) in [6.45, 7) is 4.66. The number of nitrogens with one attached hydrogen (secondary N) is 2. The Morgan fingerprint density at radius 1 is 1.35 bits per heavy atom. The van der Waals surface area contributed by atoms with Gasteiger partial charge in [-0.25, -0.2) is 0 Å². The fourth-order valence-corrected chi connectivity index (χ4v) is 3.54. The molecule has 90 valence electrons. The van der Waals surface area contributed by atoms with E-state index >= 15 is 0 Å². The minimum Gasteiger partial charge on any atom is -0.360 e. The van der Waals surface area contributed by atoms with E-state index in [9.17, 15) is 0 Å². The number of hydrogen-bond acceptors (Lipinski definition) is 1. The predicted octanol–water partition coefficient (Wildman–Crippen LogP) is 3.64. The fraction of sp³-hybridized carbons (Fsp3) is 0.429. The summed E-state index contributed by atoms with van der Waals surface area (Å²) in [5.41, 5.74) is 2.99. The number of H-pyrrole nitrogens is 1. The molecule has 2 N–H and O–H groups in total. The molecule has 0 aliphatic heterocycles. The van der Waals surface area contributed by atoms with Gasteiger partial charge < -0.3 is 10.3 Å². The largest absolute Gasteiger partial charge is 0.360 e. The Bertz CT molecular complexity index is 571. The van der Waals surface area contributed by atoms with E-state index in [1.807, 2.05) is 6.20 Å². The summed E-state index contributed by atoms with van der Waals surface area (Å²) in [7, 11) is 2.05. The van der Waals surface area contributed by atoms with Crippen LogP contribution in [0.1, 0.15) is 25.3 Å². The molecule has 17 heavy (non-hydrogen) atoms. The molecule has 0 spiro atoms. The van der Waals surface area contributed by atoms with E-state index in [0.717, 1.165) is 4.47 Å². The normalized spacial score (nSPS) is 26.4. The third-order valence-electron chi connectivity index (χ3n) is 4.15. The van der Waals surface area contributed by atoms with Crippen molar-refractivity contribution in [3.63, 3.8) is 0 Å². The van der Waals surface area contributed by atoms with Crippen LogP contribution in [0.25, 0.3) is 10.9 Å². The van der Waals surface area contributed by atoms with Crippen LogP contribution < -0.4 is 5.32 Å². The van der Waals surface area contributed by atoms with Crippen LogP contribution in [0.15, 0.2) is 28.9 Å².